The third kappa shape index (κ3) is 1.69. The predicted molar refractivity (Wildman–Crippen MR) is 50.6 cm³/mol. The van der Waals surface area contributed by atoms with Crippen LogP contribution in [0.3, 0.4) is 0 Å². The lowest BCUT2D eigenvalue weighted by molar-refractivity contribution is -0.116. The van der Waals surface area contributed by atoms with Gasteiger partial charge in [-0.3, -0.25) is 4.79 Å². The minimum atomic E-state index is 0.191. The Bertz CT molecular complexity index is 271. The number of thioether (sulfide) groups is 1. The van der Waals surface area contributed by atoms with Crippen molar-refractivity contribution in [3.8, 4) is 0 Å². The third-order valence-electron chi connectivity index (χ3n) is 1.90. The topological polar surface area (TPSA) is 30.0 Å². The molecule has 0 aliphatic heterocycles. The summed E-state index contributed by atoms with van der Waals surface area (Å²) in [7, 11) is 0. The maximum absolute atomic E-state index is 11.3. The van der Waals surface area contributed by atoms with E-state index in [1.165, 1.54) is 0 Å². The number of carbonyl (C=O) groups is 1. The zero-order valence-electron chi connectivity index (χ0n) is 6.53. The van der Waals surface area contributed by atoms with Crippen LogP contribution in [-0.2, 0) is 4.79 Å². The summed E-state index contributed by atoms with van der Waals surface area (Å²) in [5.41, 5.74) is 0. The summed E-state index contributed by atoms with van der Waals surface area (Å²) < 4.78 is 1.02. The number of thiazole rings is 1. The van der Waals surface area contributed by atoms with Gasteiger partial charge in [0.05, 0.1) is 5.25 Å². The Balaban J connectivity index is 1.99. The molecule has 0 aromatic carbocycles. The molecule has 1 atom stereocenters. The first kappa shape index (κ1) is 8.26. The summed E-state index contributed by atoms with van der Waals surface area (Å²) in [6, 6.07) is 0. The van der Waals surface area contributed by atoms with Crippen molar-refractivity contribution in [2.45, 2.75) is 28.9 Å². The van der Waals surface area contributed by atoms with Gasteiger partial charge in [-0.15, -0.1) is 11.3 Å². The molecule has 64 valence electrons. The van der Waals surface area contributed by atoms with Crippen LogP contribution >= 0.6 is 23.1 Å². The largest absolute Gasteiger partial charge is 0.298 e. The lowest BCUT2D eigenvalue weighted by atomic mass is 10.3. The Kier molecular flexibility index (Phi) is 2.46. The van der Waals surface area contributed by atoms with Crippen LogP contribution in [0.1, 0.15) is 19.3 Å². The van der Waals surface area contributed by atoms with Crippen molar-refractivity contribution in [1.82, 2.24) is 4.98 Å². The Morgan fingerprint density at radius 1 is 1.67 bits per heavy atom. The molecule has 0 N–H and O–H groups in total. The van der Waals surface area contributed by atoms with Gasteiger partial charge in [0.1, 0.15) is 10.1 Å². The Morgan fingerprint density at radius 3 is 3.17 bits per heavy atom. The maximum Gasteiger partial charge on any atom is 0.150 e. The van der Waals surface area contributed by atoms with Crippen molar-refractivity contribution >= 4 is 28.9 Å². The highest BCUT2D eigenvalue weighted by Gasteiger charge is 2.25. The first-order valence-electron chi connectivity index (χ1n) is 3.95. The number of carbonyl (C=O) groups excluding carboxylic acids is 1. The fourth-order valence-corrected chi connectivity index (χ4v) is 3.29. The third-order valence-corrected chi connectivity index (χ3v) is 4.13. The van der Waals surface area contributed by atoms with Crippen molar-refractivity contribution in [3.05, 3.63) is 11.6 Å². The zero-order valence-corrected chi connectivity index (χ0v) is 8.16. The zero-order chi connectivity index (χ0) is 8.39. The number of hydrogen-bond donors (Lipinski definition) is 0. The molecule has 4 heteroatoms. The molecule has 1 unspecified atom stereocenters. The van der Waals surface area contributed by atoms with Gasteiger partial charge >= 0.3 is 0 Å². The summed E-state index contributed by atoms with van der Waals surface area (Å²) in [5.74, 6) is 0.398. The van der Waals surface area contributed by atoms with Gasteiger partial charge in [-0.2, -0.15) is 0 Å². The van der Waals surface area contributed by atoms with E-state index in [-0.39, 0.29) is 5.25 Å². The van der Waals surface area contributed by atoms with Crippen LogP contribution in [0, 0.1) is 0 Å². The van der Waals surface area contributed by atoms with E-state index in [0.717, 1.165) is 23.6 Å². The number of ketones is 1. The minimum absolute atomic E-state index is 0.191. The summed E-state index contributed by atoms with van der Waals surface area (Å²) in [6.45, 7) is 0. The van der Waals surface area contributed by atoms with E-state index in [9.17, 15) is 4.79 Å². The Hall–Kier alpha value is -0.350. The monoisotopic (exact) mass is 199 g/mol. The lowest BCUT2D eigenvalue weighted by Gasteiger charge is -2.02. The number of nitrogens with zero attached hydrogens (tertiary/aromatic N) is 1. The van der Waals surface area contributed by atoms with E-state index in [1.807, 2.05) is 5.38 Å². The van der Waals surface area contributed by atoms with Crippen molar-refractivity contribution < 1.29 is 4.79 Å². The quantitative estimate of drug-likeness (QED) is 0.732. The normalized spacial score (nSPS) is 23.3. The van der Waals surface area contributed by atoms with Crippen molar-refractivity contribution in [1.29, 1.82) is 0 Å². The molecular formula is C8H9NOS2. The molecule has 0 radical (unpaired) electrons. The van der Waals surface area contributed by atoms with Crippen LogP contribution < -0.4 is 0 Å². The first-order valence-corrected chi connectivity index (χ1v) is 5.71. The molecule has 2 nitrogen and oxygen atoms in total. The highest BCUT2D eigenvalue weighted by atomic mass is 32.2. The van der Waals surface area contributed by atoms with E-state index >= 15 is 0 Å². The van der Waals surface area contributed by atoms with Crippen LogP contribution in [0.4, 0.5) is 0 Å². The molecule has 0 spiro atoms. The molecule has 1 aromatic rings. The smallest absolute Gasteiger partial charge is 0.150 e. The summed E-state index contributed by atoms with van der Waals surface area (Å²) in [4.78, 5) is 15.4. The molecule has 1 aliphatic rings. The van der Waals surface area contributed by atoms with Crippen LogP contribution in [0.5, 0.6) is 0 Å². The molecule has 1 heterocycles. The van der Waals surface area contributed by atoms with Crippen molar-refractivity contribution in [2.24, 2.45) is 0 Å². The highest BCUT2D eigenvalue weighted by Crippen LogP contribution is 2.33. The van der Waals surface area contributed by atoms with E-state index in [2.05, 4.69) is 4.98 Å². The predicted octanol–water partition coefficient (Wildman–Crippen LogP) is 2.36. The molecule has 0 bridgehead atoms. The fraction of sp³-hybridized carbons (Fsp3) is 0.500. The molecule has 1 aromatic heterocycles. The molecule has 2 rings (SSSR count). The number of hydrogen-bond acceptors (Lipinski definition) is 4. The molecule has 1 aliphatic carbocycles. The van der Waals surface area contributed by atoms with E-state index in [1.54, 1.807) is 29.3 Å². The number of aromatic nitrogens is 1. The first-order chi connectivity index (χ1) is 5.86. The van der Waals surface area contributed by atoms with Gasteiger partial charge in [-0.25, -0.2) is 4.98 Å². The van der Waals surface area contributed by atoms with Crippen molar-refractivity contribution in [2.75, 3.05) is 0 Å². The van der Waals surface area contributed by atoms with Crippen LogP contribution in [0.15, 0.2) is 15.9 Å². The second-order valence-corrected chi connectivity index (χ2v) is 5.11. The lowest BCUT2D eigenvalue weighted by Crippen LogP contribution is -2.07. The van der Waals surface area contributed by atoms with Gasteiger partial charge < -0.3 is 0 Å². The van der Waals surface area contributed by atoms with E-state index < -0.39 is 0 Å². The SMILES string of the molecule is O=C1CCCC1Sc1nccs1. The summed E-state index contributed by atoms with van der Waals surface area (Å²) >= 11 is 3.24. The van der Waals surface area contributed by atoms with Gasteiger partial charge in [0, 0.05) is 18.0 Å². The van der Waals surface area contributed by atoms with Crippen LogP contribution in [0.2, 0.25) is 0 Å². The van der Waals surface area contributed by atoms with Crippen LogP contribution in [-0.4, -0.2) is 16.0 Å². The van der Waals surface area contributed by atoms with Gasteiger partial charge in [0.25, 0.3) is 0 Å². The van der Waals surface area contributed by atoms with Gasteiger partial charge in [-0.05, 0) is 12.8 Å². The molecule has 0 saturated heterocycles. The number of Topliss-reactive ketones (excluding diaryl/α,β-unsaturated/α-hetero) is 1. The molecular weight excluding hydrogens is 190 g/mol. The summed E-state index contributed by atoms with van der Waals surface area (Å²) in [5, 5.41) is 2.14. The Morgan fingerprint density at radius 2 is 2.58 bits per heavy atom. The minimum Gasteiger partial charge on any atom is -0.298 e. The fourth-order valence-electron chi connectivity index (χ4n) is 1.30. The van der Waals surface area contributed by atoms with E-state index in [4.69, 9.17) is 0 Å². The van der Waals surface area contributed by atoms with Crippen molar-refractivity contribution in [3.63, 3.8) is 0 Å². The second kappa shape index (κ2) is 3.58. The maximum atomic E-state index is 11.3. The van der Waals surface area contributed by atoms with Gasteiger partial charge in [-0.1, -0.05) is 11.8 Å². The Labute approximate surface area is 79.4 Å². The molecule has 1 fully saturated rings. The van der Waals surface area contributed by atoms with E-state index in [0.29, 0.717) is 5.78 Å². The van der Waals surface area contributed by atoms with Gasteiger partial charge in [0.15, 0.2) is 0 Å². The molecule has 0 amide bonds. The molecule has 1 saturated carbocycles. The average molecular weight is 199 g/mol. The summed E-state index contributed by atoms with van der Waals surface area (Å²) in [6.07, 6.45) is 4.64. The van der Waals surface area contributed by atoms with Gasteiger partial charge in [0.2, 0.25) is 0 Å². The molecule has 12 heavy (non-hydrogen) atoms. The number of rotatable bonds is 2. The average Bonchev–Trinajstić information content (AvgIpc) is 2.65. The standard InChI is InChI=1S/C8H9NOS2/c10-6-2-1-3-7(6)12-8-9-4-5-11-8/h4-5,7H,1-3H2. The highest BCUT2D eigenvalue weighted by molar-refractivity contribution is 8.02. The van der Waals surface area contributed by atoms with Crippen LogP contribution in [0.25, 0.3) is 0 Å². The second-order valence-electron chi connectivity index (χ2n) is 2.76.